The van der Waals surface area contributed by atoms with Crippen LogP contribution in [0.2, 0.25) is 0 Å². The number of thioether (sulfide) groups is 1. The molecule has 1 aromatic heterocycles. The van der Waals surface area contributed by atoms with E-state index in [0.717, 1.165) is 21.8 Å². The van der Waals surface area contributed by atoms with Crippen molar-refractivity contribution in [3.63, 3.8) is 0 Å². The van der Waals surface area contributed by atoms with Crippen LogP contribution in [0, 0.1) is 0 Å². The first kappa shape index (κ1) is 20.9. The number of fused-ring (bicyclic) bond motifs is 1. The molecule has 1 heterocycles. The molecule has 29 heavy (non-hydrogen) atoms. The summed E-state index contributed by atoms with van der Waals surface area (Å²) >= 11 is 1.38. The number of benzene rings is 2. The number of para-hydroxylation sites is 2. The molecule has 0 aliphatic carbocycles. The molecule has 152 valence electrons. The number of nitrogens with zero attached hydrogens (tertiary/aromatic N) is 3. The molecule has 5 nitrogen and oxygen atoms in total. The molecule has 8 heteroatoms. The van der Waals surface area contributed by atoms with Gasteiger partial charge in [0.25, 0.3) is 0 Å². The van der Waals surface area contributed by atoms with E-state index in [1.54, 1.807) is 30.2 Å². The van der Waals surface area contributed by atoms with Gasteiger partial charge in [0.2, 0.25) is 5.91 Å². The van der Waals surface area contributed by atoms with Crippen molar-refractivity contribution in [2.24, 2.45) is 0 Å². The Balaban J connectivity index is 1.61. The number of hydrogen-bond acceptors (Lipinski definition) is 4. The van der Waals surface area contributed by atoms with Crippen molar-refractivity contribution in [1.29, 1.82) is 0 Å². The molecule has 0 atom stereocenters. The summed E-state index contributed by atoms with van der Waals surface area (Å²) in [6.45, 7) is 1.92. The van der Waals surface area contributed by atoms with Crippen molar-refractivity contribution in [2.75, 3.05) is 12.8 Å². The molecular weight excluding hydrogens is 396 g/mol. The number of hydrogen-bond donors (Lipinski definition) is 0. The molecule has 3 rings (SSSR count). The number of carbonyl (C=O) groups is 1. The predicted octanol–water partition coefficient (Wildman–Crippen LogP) is 4.57. The molecule has 3 aromatic rings. The van der Waals surface area contributed by atoms with E-state index in [1.165, 1.54) is 23.9 Å². The van der Waals surface area contributed by atoms with E-state index in [1.807, 2.05) is 28.8 Å². The zero-order valence-corrected chi connectivity index (χ0v) is 16.7. The molecule has 1 amide bonds. The third-order valence-corrected chi connectivity index (χ3v) is 5.21. The Labute approximate surface area is 172 Å². The van der Waals surface area contributed by atoms with Crippen LogP contribution in [0.25, 0.3) is 11.0 Å². The van der Waals surface area contributed by atoms with Gasteiger partial charge in [0.1, 0.15) is 5.75 Å². The minimum atomic E-state index is -2.85. The van der Waals surface area contributed by atoms with Crippen LogP contribution in [-0.4, -0.2) is 39.8 Å². The van der Waals surface area contributed by atoms with Gasteiger partial charge in [-0.25, -0.2) is 4.98 Å². The summed E-state index contributed by atoms with van der Waals surface area (Å²) in [7, 11) is 1.71. The van der Waals surface area contributed by atoms with Crippen LogP contribution in [0.4, 0.5) is 8.78 Å². The Morgan fingerprint density at radius 3 is 2.69 bits per heavy atom. The van der Waals surface area contributed by atoms with Crippen molar-refractivity contribution >= 4 is 28.7 Å². The van der Waals surface area contributed by atoms with E-state index >= 15 is 0 Å². The molecule has 2 aromatic carbocycles. The van der Waals surface area contributed by atoms with Crippen LogP contribution >= 0.6 is 11.8 Å². The van der Waals surface area contributed by atoms with E-state index in [2.05, 4.69) is 16.3 Å². The fourth-order valence-corrected chi connectivity index (χ4v) is 3.81. The normalized spacial score (nSPS) is 11.0. The van der Waals surface area contributed by atoms with Crippen molar-refractivity contribution in [3.05, 3.63) is 66.7 Å². The summed E-state index contributed by atoms with van der Waals surface area (Å²) < 4.78 is 30.8. The zero-order valence-electron chi connectivity index (χ0n) is 15.9. The van der Waals surface area contributed by atoms with Crippen LogP contribution in [0.3, 0.4) is 0 Å². The van der Waals surface area contributed by atoms with Gasteiger partial charge in [0.05, 0.1) is 16.8 Å². The molecule has 0 radical (unpaired) electrons. The van der Waals surface area contributed by atoms with E-state index in [9.17, 15) is 13.6 Å². The monoisotopic (exact) mass is 417 g/mol. The third kappa shape index (κ3) is 5.35. The second-order valence-electron chi connectivity index (χ2n) is 6.34. The molecule has 0 unspecified atom stereocenters. The van der Waals surface area contributed by atoms with E-state index in [-0.39, 0.29) is 17.4 Å². The SMILES string of the molecule is C=CCn1c(SCC(=O)N(C)Cc2ccc(OC(F)F)cc2)nc2ccccc21. The molecule has 0 saturated carbocycles. The number of alkyl halides is 2. The first-order valence-electron chi connectivity index (χ1n) is 8.94. The van der Waals surface area contributed by atoms with Crippen LogP contribution in [0.1, 0.15) is 5.56 Å². The Morgan fingerprint density at radius 2 is 2.00 bits per heavy atom. The summed E-state index contributed by atoms with van der Waals surface area (Å²) in [4.78, 5) is 18.7. The highest BCUT2D eigenvalue weighted by Gasteiger charge is 2.15. The highest BCUT2D eigenvalue weighted by Crippen LogP contribution is 2.24. The second kappa shape index (κ2) is 9.56. The minimum Gasteiger partial charge on any atom is -0.435 e. The van der Waals surface area contributed by atoms with Gasteiger partial charge in [0.15, 0.2) is 5.16 Å². The van der Waals surface area contributed by atoms with Crippen LogP contribution < -0.4 is 4.74 Å². The summed E-state index contributed by atoms with van der Waals surface area (Å²) in [6.07, 6.45) is 1.80. The molecule has 0 spiro atoms. The van der Waals surface area contributed by atoms with Crippen LogP contribution in [-0.2, 0) is 17.9 Å². The highest BCUT2D eigenvalue weighted by atomic mass is 32.2. The zero-order chi connectivity index (χ0) is 20.8. The number of halogens is 2. The van der Waals surface area contributed by atoms with Gasteiger partial charge in [-0.15, -0.1) is 6.58 Å². The lowest BCUT2D eigenvalue weighted by Crippen LogP contribution is -2.27. The van der Waals surface area contributed by atoms with Crippen molar-refractivity contribution in [3.8, 4) is 5.75 Å². The smallest absolute Gasteiger partial charge is 0.387 e. The Kier molecular flexibility index (Phi) is 6.87. The van der Waals surface area contributed by atoms with Crippen molar-refractivity contribution in [2.45, 2.75) is 24.9 Å². The first-order valence-corrected chi connectivity index (χ1v) is 9.93. The number of rotatable bonds is 9. The first-order chi connectivity index (χ1) is 14.0. The van der Waals surface area contributed by atoms with Gasteiger partial charge >= 0.3 is 6.61 Å². The number of allylic oxidation sites excluding steroid dienone is 1. The topological polar surface area (TPSA) is 47.4 Å². The Hall–Kier alpha value is -2.87. The average molecular weight is 417 g/mol. The van der Waals surface area contributed by atoms with E-state index in [0.29, 0.717) is 13.1 Å². The van der Waals surface area contributed by atoms with Crippen LogP contribution in [0.15, 0.2) is 66.3 Å². The maximum atomic E-state index is 12.5. The maximum absolute atomic E-state index is 12.5. The molecule has 0 saturated heterocycles. The minimum absolute atomic E-state index is 0.0554. The highest BCUT2D eigenvalue weighted by molar-refractivity contribution is 7.99. The summed E-state index contributed by atoms with van der Waals surface area (Å²) in [6, 6.07) is 14.1. The van der Waals surface area contributed by atoms with Crippen LogP contribution in [0.5, 0.6) is 5.75 Å². The molecular formula is C21H21F2N3O2S. The quantitative estimate of drug-likeness (QED) is 0.378. The Bertz CT molecular complexity index is 989. The third-order valence-electron chi connectivity index (χ3n) is 4.25. The lowest BCUT2D eigenvalue weighted by Gasteiger charge is -2.17. The number of carbonyl (C=O) groups excluding carboxylic acids is 1. The number of imidazole rings is 1. The lowest BCUT2D eigenvalue weighted by molar-refractivity contribution is -0.127. The average Bonchev–Trinajstić information content (AvgIpc) is 3.05. The second-order valence-corrected chi connectivity index (χ2v) is 7.29. The molecule has 0 fully saturated rings. The van der Waals surface area contributed by atoms with Gasteiger partial charge < -0.3 is 14.2 Å². The molecule has 0 N–H and O–H groups in total. The molecule has 0 aliphatic rings. The van der Waals surface area contributed by atoms with Gasteiger partial charge in [-0.2, -0.15) is 8.78 Å². The summed E-state index contributed by atoms with van der Waals surface area (Å²) in [5.41, 5.74) is 2.71. The summed E-state index contributed by atoms with van der Waals surface area (Å²) in [5.74, 6) is 0.276. The number of ether oxygens (including phenoxy) is 1. The van der Waals surface area contributed by atoms with Crippen molar-refractivity contribution < 1.29 is 18.3 Å². The predicted molar refractivity (Wildman–Crippen MR) is 110 cm³/mol. The largest absolute Gasteiger partial charge is 0.435 e. The molecule has 0 bridgehead atoms. The maximum Gasteiger partial charge on any atom is 0.387 e. The van der Waals surface area contributed by atoms with Gasteiger partial charge in [0, 0.05) is 20.1 Å². The van der Waals surface area contributed by atoms with Gasteiger partial charge in [-0.1, -0.05) is 42.1 Å². The Morgan fingerprint density at radius 1 is 1.28 bits per heavy atom. The van der Waals surface area contributed by atoms with Gasteiger partial charge in [-0.05, 0) is 29.8 Å². The fraction of sp³-hybridized carbons (Fsp3) is 0.238. The standard InChI is InChI=1S/C21H21F2N3O2S/c1-3-12-26-18-7-5-4-6-17(18)24-21(26)29-14-19(27)25(2)13-15-8-10-16(11-9-15)28-20(22)23/h3-11,20H,1,12-14H2,2H3. The van der Waals surface area contributed by atoms with Crippen molar-refractivity contribution in [1.82, 2.24) is 14.5 Å². The molecule has 0 aliphatic heterocycles. The lowest BCUT2D eigenvalue weighted by atomic mass is 10.2. The summed E-state index contributed by atoms with van der Waals surface area (Å²) in [5, 5.41) is 0.765. The number of aromatic nitrogens is 2. The fourth-order valence-electron chi connectivity index (χ4n) is 2.84. The number of amides is 1. The van der Waals surface area contributed by atoms with Gasteiger partial charge in [-0.3, -0.25) is 4.79 Å². The van der Waals surface area contributed by atoms with E-state index < -0.39 is 6.61 Å². The van der Waals surface area contributed by atoms with E-state index in [4.69, 9.17) is 0 Å².